The van der Waals surface area contributed by atoms with Crippen molar-refractivity contribution >= 4 is 23.2 Å². The van der Waals surface area contributed by atoms with E-state index in [1.165, 1.54) is 36.4 Å². The van der Waals surface area contributed by atoms with Gasteiger partial charge < -0.3 is 5.32 Å². The maximum atomic E-state index is 13.0. The van der Waals surface area contributed by atoms with E-state index in [2.05, 4.69) is 16.2 Å². The fourth-order valence-electron chi connectivity index (χ4n) is 2.00. The number of amides is 2. The molecule has 0 aliphatic heterocycles. The van der Waals surface area contributed by atoms with E-state index in [0.717, 1.165) is 6.07 Å². The van der Waals surface area contributed by atoms with Crippen LogP contribution in [0, 0.1) is 22.9 Å². The zero-order chi connectivity index (χ0) is 18.4. The second kappa shape index (κ2) is 7.86. The minimum atomic E-state index is -0.685. The van der Waals surface area contributed by atoms with Gasteiger partial charge in [-0.05, 0) is 36.8 Å². The number of nitrogens with one attached hydrogen (secondary N) is 3. The van der Waals surface area contributed by atoms with Crippen LogP contribution < -0.4 is 16.2 Å². The zero-order valence-electron chi connectivity index (χ0n) is 13.2. The van der Waals surface area contributed by atoms with Crippen LogP contribution in [0.2, 0.25) is 0 Å². The van der Waals surface area contributed by atoms with Gasteiger partial charge >= 0.3 is 0 Å². The lowest BCUT2D eigenvalue weighted by Crippen LogP contribution is -2.44. The third-order valence-corrected chi connectivity index (χ3v) is 3.26. The summed E-state index contributed by atoms with van der Waals surface area (Å²) in [7, 11) is 0. The summed E-state index contributed by atoms with van der Waals surface area (Å²) in [6, 6.07) is 9.19. The lowest BCUT2D eigenvalue weighted by molar-refractivity contribution is -0.384. The number of rotatable bonds is 5. The van der Waals surface area contributed by atoms with Crippen LogP contribution in [0.5, 0.6) is 0 Å². The summed E-state index contributed by atoms with van der Waals surface area (Å²) < 4.78 is 13.0. The Kier molecular flexibility index (Phi) is 5.62. The quantitative estimate of drug-likeness (QED) is 0.565. The molecule has 8 nitrogen and oxygen atoms in total. The van der Waals surface area contributed by atoms with Crippen LogP contribution >= 0.6 is 0 Å². The number of benzene rings is 2. The molecule has 2 aromatic carbocycles. The van der Waals surface area contributed by atoms with Crippen LogP contribution in [0.15, 0.2) is 42.5 Å². The predicted octanol–water partition coefficient (Wildman–Crippen LogP) is 1.92. The molecule has 2 rings (SSSR count). The smallest absolute Gasteiger partial charge is 0.270 e. The second-order valence-electron chi connectivity index (χ2n) is 5.12. The molecular weight excluding hydrogens is 331 g/mol. The van der Waals surface area contributed by atoms with Crippen molar-refractivity contribution in [1.82, 2.24) is 10.9 Å². The Bertz CT molecular complexity index is 826. The molecule has 0 atom stereocenters. The molecule has 25 heavy (non-hydrogen) atoms. The molecule has 0 aliphatic rings. The number of carbonyl (C=O) groups is 2. The molecule has 0 radical (unpaired) electrons. The third-order valence-electron chi connectivity index (χ3n) is 3.26. The van der Waals surface area contributed by atoms with E-state index in [0.29, 0.717) is 11.3 Å². The summed E-state index contributed by atoms with van der Waals surface area (Å²) in [5.41, 5.74) is 5.38. The molecule has 130 valence electrons. The number of halogens is 1. The van der Waals surface area contributed by atoms with Gasteiger partial charge in [0.1, 0.15) is 5.82 Å². The fourth-order valence-corrected chi connectivity index (χ4v) is 2.00. The number of carbonyl (C=O) groups excluding carboxylic acids is 2. The van der Waals surface area contributed by atoms with Gasteiger partial charge in [0, 0.05) is 23.4 Å². The number of hydrogen-bond acceptors (Lipinski definition) is 5. The highest BCUT2D eigenvalue weighted by Crippen LogP contribution is 2.15. The molecule has 3 N–H and O–H groups in total. The highest BCUT2D eigenvalue weighted by molar-refractivity contribution is 5.96. The Balaban J connectivity index is 1.86. The van der Waals surface area contributed by atoms with Crippen LogP contribution in [0.3, 0.4) is 0 Å². The lowest BCUT2D eigenvalue weighted by Gasteiger charge is -2.11. The van der Waals surface area contributed by atoms with Crippen molar-refractivity contribution in [3.05, 3.63) is 69.5 Å². The van der Waals surface area contributed by atoms with Crippen molar-refractivity contribution in [1.29, 1.82) is 0 Å². The van der Waals surface area contributed by atoms with Gasteiger partial charge in [0.2, 0.25) is 0 Å². The standard InChI is InChI=1S/C16H15FN4O4/c1-10-7-12(17)5-6-14(10)18-9-15(22)19-20-16(23)11-3-2-4-13(8-11)21(24)25/h2-8,18H,9H2,1H3,(H,19,22)(H,20,23). The monoisotopic (exact) mass is 346 g/mol. The van der Waals surface area contributed by atoms with E-state index >= 15 is 0 Å². The maximum absolute atomic E-state index is 13.0. The van der Waals surface area contributed by atoms with Gasteiger partial charge in [-0.2, -0.15) is 0 Å². The maximum Gasteiger partial charge on any atom is 0.270 e. The number of nitro groups is 1. The first-order chi connectivity index (χ1) is 11.9. The van der Waals surface area contributed by atoms with Gasteiger partial charge in [0.15, 0.2) is 0 Å². The van der Waals surface area contributed by atoms with Crippen LogP contribution in [0.4, 0.5) is 15.8 Å². The van der Waals surface area contributed by atoms with E-state index in [-0.39, 0.29) is 23.6 Å². The Morgan fingerprint density at radius 3 is 2.60 bits per heavy atom. The van der Waals surface area contributed by atoms with Crippen molar-refractivity contribution in [2.45, 2.75) is 6.92 Å². The van der Waals surface area contributed by atoms with E-state index in [1.807, 2.05) is 0 Å². The molecule has 2 aromatic rings. The Labute approximate surface area is 142 Å². The van der Waals surface area contributed by atoms with E-state index in [1.54, 1.807) is 6.92 Å². The third kappa shape index (κ3) is 4.99. The second-order valence-corrected chi connectivity index (χ2v) is 5.12. The minimum Gasteiger partial charge on any atom is -0.376 e. The van der Waals surface area contributed by atoms with E-state index in [4.69, 9.17) is 0 Å². The van der Waals surface area contributed by atoms with Crippen molar-refractivity contribution in [2.24, 2.45) is 0 Å². The zero-order valence-corrected chi connectivity index (χ0v) is 13.2. The first kappa shape index (κ1) is 17.9. The first-order valence-electron chi connectivity index (χ1n) is 7.20. The van der Waals surface area contributed by atoms with Crippen LogP contribution in [-0.4, -0.2) is 23.3 Å². The Hall–Kier alpha value is -3.49. The van der Waals surface area contributed by atoms with Gasteiger partial charge in [0.25, 0.3) is 17.5 Å². The molecule has 0 aliphatic carbocycles. The molecule has 0 bridgehead atoms. The van der Waals surface area contributed by atoms with Gasteiger partial charge in [-0.15, -0.1) is 0 Å². The Morgan fingerprint density at radius 1 is 1.16 bits per heavy atom. The summed E-state index contributed by atoms with van der Waals surface area (Å²) in [5.74, 6) is -1.60. The van der Waals surface area contributed by atoms with E-state index < -0.39 is 16.7 Å². The molecule has 0 unspecified atom stereocenters. The molecule has 9 heteroatoms. The van der Waals surface area contributed by atoms with Crippen molar-refractivity contribution in [2.75, 3.05) is 11.9 Å². The van der Waals surface area contributed by atoms with Gasteiger partial charge in [-0.1, -0.05) is 6.07 Å². The summed E-state index contributed by atoms with van der Waals surface area (Å²) in [4.78, 5) is 33.7. The number of aryl methyl sites for hydroxylation is 1. The lowest BCUT2D eigenvalue weighted by atomic mass is 10.2. The van der Waals surface area contributed by atoms with Crippen LogP contribution in [0.1, 0.15) is 15.9 Å². The highest BCUT2D eigenvalue weighted by Gasteiger charge is 2.12. The molecule has 2 amide bonds. The topological polar surface area (TPSA) is 113 Å². The average Bonchev–Trinajstić information content (AvgIpc) is 2.59. The summed E-state index contributed by atoms with van der Waals surface area (Å²) in [6.07, 6.45) is 0. The van der Waals surface area contributed by atoms with Gasteiger partial charge in [0.05, 0.1) is 11.5 Å². The molecule has 0 fully saturated rings. The summed E-state index contributed by atoms with van der Waals surface area (Å²) in [6.45, 7) is 1.54. The summed E-state index contributed by atoms with van der Waals surface area (Å²) >= 11 is 0. The number of non-ortho nitro benzene ring substituents is 1. The van der Waals surface area contributed by atoms with Crippen molar-refractivity contribution in [3.63, 3.8) is 0 Å². The largest absolute Gasteiger partial charge is 0.376 e. The number of anilines is 1. The predicted molar refractivity (Wildman–Crippen MR) is 88.3 cm³/mol. The molecule has 0 aromatic heterocycles. The fraction of sp³-hybridized carbons (Fsp3) is 0.125. The van der Waals surface area contributed by atoms with E-state index in [9.17, 15) is 24.1 Å². The number of nitro benzene ring substituents is 1. The number of hydrogen-bond donors (Lipinski definition) is 3. The molecule has 0 saturated carbocycles. The van der Waals surface area contributed by atoms with Crippen LogP contribution in [0.25, 0.3) is 0 Å². The Morgan fingerprint density at radius 2 is 1.92 bits per heavy atom. The first-order valence-corrected chi connectivity index (χ1v) is 7.20. The SMILES string of the molecule is Cc1cc(F)ccc1NCC(=O)NNC(=O)c1cccc([N+](=O)[O-])c1. The minimum absolute atomic E-state index is 0.0387. The van der Waals surface area contributed by atoms with Gasteiger partial charge in [-0.3, -0.25) is 30.6 Å². The molecule has 0 heterocycles. The van der Waals surface area contributed by atoms with Crippen molar-refractivity contribution < 1.29 is 18.9 Å². The normalized spacial score (nSPS) is 10.0. The van der Waals surface area contributed by atoms with Crippen molar-refractivity contribution in [3.8, 4) is 0 Å². The van der Waals surface area contributed by atoms with Gasteiger partial charge in [-0.25, -0.2) is 4.39 Å². The average molecular weight is 346 g/mol. The molecular formula is C16H15FN4O4. The molecule has 0 saturated heterocycles. The number of nitrogens with zero attached hydrogens (tertiary/aromatic N) is 1. The highest BCUT2D eigenvalue weighted by atomic mass is 19.1. The molecule has 0 spiro atoms. The number of hydrazine groups is 1. The summed E-state index contributed by atoms with van der Waals surface area (Å²) in [5, 5.41) is 13.5. The van der Waals surface area contributed by atoms with Crippen LogP contribution in [-0.2, 0) is 4.79 Å².